The monoisotopic (exact) mass is 331 g/mol. The zero-order chi connectivity index (χ0) is 12.3. The second kappa shape index (κ2) is 5.93. The molecular weight excluding hydrogens is 322 g/mol. The molecule has 0 amide bonds. The van der Waals surface area contributed by atoms with Crippen molar-refractivity contribution >= 4 is 38.9 Å². The molecule has 1 atom stereocenters. The van der Waals surface area contributed by atoms with E-state index in [1.165, 1.54) is 4.88 Å². The van der Waals surface area contributed by atoms with Crippen LogP contribution in [0.3, 0.4) is 0 Å². The molecule has 0 fully saturated rings. The molecule has 6 heteroatoms. The molecule has 2 aromatic heterocycles. The largest absolute Gasteiger partial charge is 0.271 e. The molecule has 90 valence electrons. The zero-order valence-corrected chi connectivity index (χ0v) is 12.0. The highest BCUT2D eigenvalue weighted by Gasteiger charge is 2.15. The van der Waals surface area contributed by atoms with Crippen molar-refractivity contribution in [3.8, 4) is 0 Å². The minimum atomic E-state index is -0.0135. The Bertz CT molecular complexity index is 503. The van der Waals surface area contributed by atoms with Crippen molar-refractivity contribution in [2.45, 2.75) is 12.5 Å². The molecule has 2 aromatic rings. The average molecular weight is 333 g/mol. The van der Waals surface area contributed by atoms with Crippen LogP contribution in [0.25, 0.3) is 0 Å². The molecule has 0 saturated heterocycles. The lowest BCUT2D eigenvalue weighted by atomic mass is 10.1. The summed E-state index contributed by atoms with van der Waals surface area (Å²) in [5.74, 6) is 5.60. The molecule has 0 radical (unpaired) electrons. The van der Waals surface area contributed by atoms with E-state index < -0.39 is 0 Å². The van der Waals surface area contributed by atoms with Gasteiger partial charge in [0.2, 0.25) is 0 Å². The first-order valence-electron chi connectivity index (χ1n) is 4.99. The Morgan fingerprint density at radius 3 is 2.94 bits per heavy atom. The number of hydrogen-bond acceptors (Lipinski definition) is 4. The molecule has 3 N–H and O–H groups in total. The third-order valence-electron chi connectivity index (χ3n) is 2.46. The maximum atomic E-state index is 6.11. The average Bonchev–Trinajstić information content (AvgIpc) is 2.73. The summed E-state index contributed by atoms with van der Waals surface area (Å²) in [5.41, 5.74) is 3.76. The van der Waals surface area contributed by atoms with E-state index in [-0.39, 0.29) is 6.04 Å². The second-order valence-corrected chi connectivity index (χ2v) is 5.77. The lowest BCUT2D eigenvalue weighted by Crippen LogP contribution is -2.29. The quantitative estimate of drug-likeness (QED) is 0.667. The summed E-state index contributed by atoms with van der Waals surface area (Å²) in [7, 11) is 0. The number of aromatic nitrogens is 1. The number of thiophene rings is 1. The number of hydrogen-bond donors (Lipinski definition) is 2. The number of nitrogens with one attached hydrogen (secondary N) is 1. The summed E-state index contributed by atoms with van der Waals surface area (Å²) in [6, 6.07) is 3.90. The minimum absolute atomic E-state index is 0.0135. The Morgan fingerprint density at radius 2 is 2.35 bits per heavy atom. The van der Waals surface area contributed by atoms with Crippen molar-refractivity contribution in [1.29, 1.82) is 0 Å². The van der Waals surface area contributed by atoms with Crippen LogP contribution in [0, 0.1) is 0 Å². The van der Waals surface area contributed by atoms with Crippen LogP contribution in [0.5, 0.6) is 0 Å². The highest BCUT2D eigenvalue weighted by atomic mass is 79.9. The molecule has 0 spiro atoms. The van der Waals surface area contributed by atoms with Crippen molar-refractivity contribution in [3.63, 3.8) is 0 Å². The fourth-order valence-corrected chi connectivity index (χ4v) is 3.40. The van der Waals surface area contributed by atoms with Crippen molar-refractivity contribution in [2.75, 3.05) is 0 Å². The van der Waals surface area contributed by atoms with Gasteiger partial charge in [0.05, 0.1) is 11.1 Å². The number of rotatable bonds is 4. The molecule has 0 aliphatic heterocycles. The van der Waals surface area contributed by atoms with Crippen LogP contribution in [0.2, 0.25) is 5.02 Å². The highest BCUT2D eigenvalue weighted by Crippen LogP contribution is 2.30. The number of halogens is 2. The minimum Gasteiger partial charge on any atom is -0.271 e. The summed E-state index contributed by atoms with van der Waals surface area (Å²) < 4.78 is 1.10. The lowest BCUT2D eigenvalue weighted by Gasteiger charge is -2.16. The summed E-state index contributed by atoms with van der Waals surface area (Å²) >= 11 is 11.3. The van der Waals surface area contributed by atoms with Gasteiger partial charge >= 0.3 is 0 Å². The van der Waals surface area contributed by atoms with Gasteiger partial charge in [-0.05, 0) is 39.0 Å². The molecule has 0 bridgehead atoms. The van der Waals surface area contributed by atoms with Gasteiger partial charge in [-0.15, -0.1) is 11.3 Å². The SMILES string of the molecule is NNC(Cc1sccc1Br)c1ccncc1Cl. The fraction of sp³-hybridized carbons (Fsp3) is 0.182. The molecule has 0 aliphatic rings. The summed E-state index contributed by atoms with van der Waals surface area (Å²) in [4.78, 5) is 5.21. The van der Waals surface area contributed by atoms with Crippen LogP contribution in [-0.2, 0) is 6.42 Å². The first-order chi connectivity index (χ1) is 8.22. The van der Waals surface area contributed by atoms with Crippen molar-refractivity contribution in [2.24, 2.45) is 5.84 Å². The van der Waals surface area contributed by atoms with Gasteiger partial charge in [0.15, 0.2) is 0 Å². The molecule has 2 rings (SSSR count). The van der Waals surface area contributed by atoms with E-state index in [0.29, 0.717) is 5.02 Å². The molecule has 17 heavy (non-hydrogen) atoms. The van der Waals surface area contributed by atoms with Gasteiger partial charge in [0.25, 0.3) is 0 Å². The van der Waals surface area contributed by atoms with Crippen LogP contribution < -0.4 is 11.3 Å². The first-order valence-corrected chi connectivity index (χ1v) is 7.05. The standard InChI is InChI=1S/C11H11BrClN3S/c12-8-2-4-17-11(8)5-10(16-14)7-1-3-15-6-9(7)13/h1-4,6,10,16H,5,14H2. The predicted molar refractivity (Wildman–Crippen MR) is 75.0 cm³/mol. The van der Waals surface area contributed by atoms with Gasteiger partial charge in [-0.3, -0.25) is 16.3 Å². The third-order valence-corrected chi connectivity index (χ3v) is 4.73. The molecule has 2 heterocycles. The van der Waals surface area contributed by atoms with E-state index >= 15 is 0 Å². The Balaban J connectivity index is 2.23. The number of nitrogens with zero attached hydrogens (tertiary/aromatic N) is 1. The summed E-state index contributed by atoms with van der Waals surface area (Å²) in [5, 5.41) is 2.67. The Kier molecular flexibility index (Phi) is 4.53. The van der Waals surface area contributed by atoms with Crippen LogP contribution in [0.1, 0.15) is 16.5 Å². The van der Waals surface area contributed by atoms with Crippen molar-refractivity contribution in [1.82, 2.24) is 10.4 Å². The van der Waals surface area contributed by atoms with Gasteiger partial charge < -0.3 is 0 Å². The Hall–Kier alpha value is -0.460. The number of pyridine rings is 1. The first kappa shape index (κ1) is 13.0. The number of hydrazine groups is 1. The Morgan fingerprint density at radius 1 is 1.53 bits per heavy atom. The molecule has 3 nitrogen and oxygen atoms in total. The van der Waals surface area contributed by atoms with E-state index in [4.69, 9.17) is 17.4 Å². The van der Waals surface area contributed by atoms with Crippen molar-refractivity contribution in [3.05, 3.63) is 49.8 Å². The molecule has 0 saturated carbocycles. The second-order valence-electron chi connectivity index (χ2n) is 3.51. The maximum Gasteiger partial charge on any atom is 0.0637 e. The lowest BCUT2D eigenvalue weighted by molar-refractivity contribution is 0.554. The van der Waals surface area contributed by atoms with Gasteiger partial charge in [0, 0.05) is 28.2 Å². The van der Waals surface area contributed by atoms with Gasteiger partial charge in [-0.1, -0.05) is 11.6 Å². The molecule has 0 aliphatic carbocycles. The van der Waals surface area contributed by atoms with Crippen LogP contribution in [0.15, 0.2) is 34.4 Å². The normalized spacial score (nSPS) is 12.6. The van der Waals surface area contributed by atoms with E-state index in [2.05, 4.69) is 26.3 Å². The maximum absolute atomic E-state index is 6.11. The van der Waals surface area contributed by atoms with Crippen molar-refractivity contribution < 1.29 is 0 Å². The van der Waals surface area contributed by atoms with E-state index in [1.54, 1.807) is 23.7 Å². The molecule has 1 unspecified atom stereocenters. The van der Waals surface area contributed by atoms with Crippen LogP contribution >= 0.6 is 38.9 Å². The number of nitrogens with two attached hydrogens (primary N) is 1. The molecular formula is C11H11BrClN3S. The topological polar surface area (TPSA) is 50.9 Å². The van der Waals surface area contributed by atoms with E-state index in [0.717, 1.165) is 16.5 Å². The van der Waals surface area contributed by atoms with Gasteiger partial charge in [-0.2, -0.15) is 0 Å². The smallest absolute Gasteiger partial charge is 0.0637 e. The van der Waals surface area contributed by atoms with Gasteiger partial charge in [-0.25, -0.2) is 0 Å². The Labute approximate surface area is 117 Å². The third kappa shape index (κ3) is 3.05. The summed E-state index contributed by atoms with van der Waals surface area (Å²) in [6.45, 7) is 0. The zero-order valence-electron chi connectivity index (χ0n) is 8.86. The van der Waals surface area contributed by atoms with Crippen LogP contribution in [0.4, 0.5) is 0 Å². The highest BCUT2D eigenvalue weighted by molar-refractivity contribution is 9.10. The van der Waals surface area contributed by atoms with Gasteiger partial charge in [0.1, 0.15) is 0 Å². The van der Waals surface area contributed by atoms with E-state index in [1.807, 2.05) is 17.5 Å². The molecule has 0 aromatic carbocycles. The predicted octanol–water partition coefficient (Wildman–Crippen LogP) is 3.31. The van der Waals surface area contributed by atoms with E-state index in [9.17, 15) is 0 Å². The van der Waals surface area contributed by atoms with Crippen LogP contribution in [-0.4, -0.2) is 4.98 Å². The fourth-order valence-electron chi connectivity index (χ4n) is 1.58. The summed E-state index contributed by atoms with van der Waals surface area (Å²) in [6.07, 6.45) is 4.14.